The molecule has 0 saturated carbocycles. The van der Waals surface area contributed by atoms with Crippen LogP contribution in [0.3, 0.4) is 0 Å². The Morgan fingerprint density at radius 3 is 2.33 bits per heavy atom. The second kappa shape index (κ2) is 24.9. The third-order valence-corrected chi connectivity index (χ3v) is 11.8. The molecule has 4 heterocycles. The molecule has 1 aromatic heterocycles. The number of nitroso groups, excluding NO2 is 1. The van der Waals surface area contributed by atoms with Crippen LogP contribution in [-0.2, 0) is 41.5 Å². The fourth-order valence-electron chi connectivity index (χ4n) is 8.15. The second-order valence-corrected chi connectivity index (χ2v) is 18.1. The molecule has 3 aliphatic rings. The second-order valence-electron chi connectivity index (χ2n) is 18.1. The number of guanidine groups is 1. The number of fused-ring (bicyclic) bond motifs is 3. The van der Waals surface area contributed by atoms with E-state index in [1.807, 2.05) is 25.1 Å². The minimum absolute atomic E-state index is 0.0106. The van der Waals surface area contributed by atoms with Gasteiger partial charge in [-0.05, 0) is 52.9 Å². The van der Waals surface area contributed by atoms with Crippen LogP contribution >= 0.6 is 0 Å². The summed E-state index contributed by atoms with van der Waals surface area (Å²) in [4.78, 5) is 66.9. The van der Waals surface area contributed by atoms with Crippen molar-refractivity contribution in [2.45, 2.75) is 71.6 Å². The molecule has 2 aromatic carbocycles. The first kappa shape index (κ1) is 52.1. The summed E-state index contributed by atoms with van der Waals surface area (Å²) in [7, 11) is 3.86. The highest BCUT2D eigenvalue weighted by molar-refractivity contribution is 5.97. The van der Waals surface area contributed by atoms with Crippen molar-refractivity contribution < 1.29 is 43.2 Å². The highest BCUT2D eigenvalue weighted by atomic mass is 16.6. The van der Waals surface area contributed by atoms with Crippen molar-refractivity contribution >= 4 is 40.8 Å². The van der Waals surface area contributed by atoms with Crippen molar-refractivity contribution in [2.75, 3.05) is 103 Å². The van der Waals surface area contributed by atoms with Gasteiger partial charge in [0.05, 0.1) is 77.4 Å². The molecule has 0 radical (unpaired) electrons. The molecule has 69 heavy (non-hydrogen) atoms. The minimum atomic E-state index is -1.26. The number of benzene rings is 2. The molecule has 21 heteroatoms. The van der Waals surface area contributed by atoms with Crippen LogP contribution in [0.2, 0.25) is 0 Å². The summed E-state index contributed by atoms with van der Waals surface area (Å²) >= 11 is 0. The lowest BCUT2D eigenvalue weighted by Crippen LogP contribution is -2.41. The Bertz CT molecular complexity index is 2360. The Kier molecular flexibility index (Phi) is 18.8. The number of aromatic nitrogens is 2. The van der Waals surface area contributed by atoms with Gasteiger partial charge in [-0.15, -0.1) is 0 Å². The van der Waals surface area contributed by atoms with Gasteiger partial charge in [-0.2, -0.15) is 0 Å². The van der Waals surface area contributed by atoms with Crippen LogP contribution in [0.25, 0.3) is 11.3 Å². The van der Waals surface area contributed by atoms with Gasteiger partial charge in [0.15, 0.2) is 6.54 Å². The molecule has 2 atom stereocenters. The van der Waals surface area contributed by atoms with Gasteiger partial charge in [0.25, 0.3) is 5.91 Å². The standard InChI is InChI=1S/C48H68N12O9/c1-6-7-12-39-55-41-42(35-10-8-9-11-38(35)58(5)43(41)49)59(39)30-48(2,3)31-69-26-25-68-24-23-67-22-21-66-20-19-51-40(61)18-17-36(46(63)64)54-45(62)32-13-15-33(16-14-32)52-27-34-28-57(4)44-37(53-34)29-60(65)47(50)56-44/h8-11,13-16,36,43H,6-7,12,17-31,49H2,1-5H3,(H5-,50,51,52,54,56,61,62,63,64)/p+1/t36-,43?/m0/s1. The molecule has 374 valence electrons. The summed E-state index contributed by atoms with van der Waals surface area (Å²) in [6.07, 6.45) is 2.51. The molecule has 3 aromatic rings. The molecular weight excluding hydrogens is 889 g/mol. The van der Waals surface area contributed by atoms with Crippen LogP contribution in [0.15, 0.2) is 70.0 Å². The zero-order valence-electron chi connectivity index (χ0n) is 40.5. The molecule has 6 rings (SSSR count). The number of para-hydroxylation sites is 1. The van der Waals surface area contributed by atoms with Gasteiger partial charge < -0.3 is 60.1 Å². The SMILES string of the molecule is CCCCc1nc2c(n1CC(C)(C)COCCOCCOCCOCCNC(=O)CC[C@H](NC(=O)c1ccc(NCC3=NC4=C(N=C(N)[N+](=O)C4)N(C)C3)cc1)C(=O)O)-c1ccccc1N(C)C2N. The topological polar surface area (TPSA) is 266 Å². The number of aliphatic carboxylic acids is 1. The van der Waals surface area contributed by atoms with Crippen LogP contribution < -0.4 is 32.3 Å². The number of carbonyl (C=O) groups excluding carboxylic acids is 2. The fourth-order valence-corrected chi connectivity index (χ4v) is 8.15. The monoisotopic (exact) mass is 958 g/mol. The Hall–Kier alpha value is -6.26. The highest BCUT2D eigenvalue weighted by Gasteiger charge is 2.35. The number of hydrogen-bond donors (Lipinski definition) is 6. The highest BCUT2D eigenvalue weighted by Crippen LogP contribution is 2.43. The number of hydrogen-bond acceptors (Lipinski definition) is 16. The predicted octanol–water partition coefficient (Wildman–Crippen LogP) is 3.25. The number of imidazole rings is 1. The first-order valence-corrected chi connectivity index (χ1v) is 23.6. The average molecular weight is 958 g/mol. The number of carboxylic acid groups (broad SMARTS) is 1. The van der Waals surface area contributed by atoms with E-state index >= 15 is 0 Å². The van der Waals surface area contributed by atoms with Crippen molar-refractivity contribution in [3.63, 3.8) is 0 Å². The Balaban J connectivity index is 0.786. The molecule has 0 fully saturated rings. The summed E-state index contributed by atoms with van der Waals surface area (Å²) in [5.74, 6) is -0.661. The van der Waals surface area contributed by atoms with Crippen molar-refractivity contribution in [3.05, 3.63) is 82.0 Å². The number of aliphatic imine (C=N–C) groups is 2. The third kappa shape index (κ3) is 14.4. The molecule has 1 unspecified atom stereocenters. The molecule has 0 bridgehead atoms. The van der Waals surface area contributed by atoms with Crippen LogP contribution in [0.1, 0.15) is 74.5 Å². The van der Waals surface area contributed by atoms with Gasteiger partial charge in [-0.25, -0.2) is 14.8 Å². The van der Waals surface area contributed by atoms with Crippen LogP contribution in [0, 0.1) is 10.3 Å². The van der Waals surface area contributed by atoms with E-state index in [1.54, 1.807) is 24.3 Å². The lowest BCUT2D eigenvalue weighted by molar-refractivity contribution is -0.426. The fraction of sp³-hybridized carbons (Fsp3) is 0.542. The summed E-state index contributed by atoms with van der Waals surface area (Å²) in [6, 6.07) is 13.6. The summed E-state index contributed by atoms with van der Waals surface area (Å²) < 4.78 is 25.9. The van der Waals surface area contributed by atoms with Crippen LogP contribution in [0.5, 0.6) is 0 Å². The summed E-state index contributed by atoms with van der Waals surface area (Å²) in [5, 5.41) is 18.2. The quantitative estimate of drug-likeness (QED) is 0.0451. The number of unbranched alkanes of at least 4 members (excludes halogenated alkanes) is 1. The molecule has 0 saturated heterocycles. The maximum atomic E-state index is 12.9. The molecule has 2 amide bonds. The van der Waals surface area contributed by atoms with Gasteiger partial charge >= 0.3 is 11.9 Å². The number of nitrogens with two attached hydrogens (primary N) is 2. The summed E-state index contributed by atoms with van der Waals surface area (Å²) in [6.45, 7) is 11.6. The van der Waals surface area contributed by atoms with Gasteiger partial charge in [0.1, 0.15) is 29.4 Å². The Morgan fingerprint density at radius 1 is 0.957 bits per heavy atom. The number of ether oxygens (including phenoxy) is 4. The minimum Gasteiger partial charge on any atom is -0.480 e. The molecule has 0 spiro atoms. The average Bonchev–Trinajstić information content (AvgIpc) is 3.68. The lowest BCUT2D eigenvalue weighted by Gasteiger charge is -2.34. The zero-order valence-corrected chi connectivity index (χ0v) is 40.5. The molecule has 21 nitrogen and oxygen atoms in total. The number of carbonyl (C=O) groups is 3. The Morgan fingerprint density at radius 2 is 1.64 bits per heavy atom. The Labute approximate surface area is 403 Å². The maximum absolute atomic E-state index is 12.9. The number of aryl methyl sites for hydroxylation is 1. The maximum Gasteiger partial charge on any atom is 0.428 e. The van der Waals surface area contributed by atoms with E-state index in [0.717, 1.165) is 60.0 Å². The van der Waals surface area contributed by atoms with Gasteiger partial charge in [-0.3, -0.25) is 15.3 Å². The van der Waals surface area contributed by atoms with E-state index in [1.165, 1.54) is 0 Å². The normalized spacial score (nSPS) is 16.0. The van der Waals surface area contributed by atoms with E-state index in [0.29, 0.717) is 81.3 Å². The van der Waals surface area contributed by atoms with Crippen molar-refractivity contribution in [1.29, 1.82) is 0 Å². The number of carboxylic acids is 1. The first-order valence-electron chi connectivity index (χ1n) is 23.6. The number of amides is 2. The number of nitrogens with zero attached hydrogens (tertiary/aromatic N) is 7. The summed E-state index contributed by atoms with van der Waals surface area (Å²) in [5.41, 5.74) is 18.7. The van der Waals surface area contributed by atoms with E-state index in [4.69, 9.17) is 35.4 Å². The van der Waals surface area contributed by atoms with E-state index in [9.17, 15) is 24.4 Å². The zero-order chi connectivity index (χ0) is 49.5. The van der Waals surface area contributed by atoms with E-state index < -0.39 is 17.9 Å². The number of rotatable bonds is 28. The van der Waals surface area contributed by atoms with Crippen LogP contribution in [-0.4, -0.2) is 153 Å². The van der Waals surface area contributed by atoms with E-state index in [2.05, 4.69) is 74.4 Å². The largest absolute Gasteiger partial charge is 0.480 e. The smallest absolute Gasteiger partial charge is 0.428 e. The van der Waals surface area contributed by atoms with Crippen molar-refractivity contribution in [1.82, 2.24) is 25.1 Å². The van der Waals surface area contributed by atoms with Gasteiger partial charge in [0.2, 0.25) is 11.7 Å². The van der Waals surface area contributed by atoms with Gasteiger partial charge in [-0.1, -0.05) is 50.3 Å². The van der Waals surface area contributed by atoms with E-state index in [-0.39, 0.29) is 61.5 Å². The van der Waals surface area contributed by atoms with Gasteiger partial charge in [0, 0.05) is 67.9 Å². The molecule has 8 N–H and O–H groups in total. The first-order chi connectivity index (χ1) is 33.1. The molecule has 0 aliphatic carbocycles. The number of anilines is 2. The molecular formula is C48H69N12O9+. The number of nitrogens with one attached hydrogen (secondary N) is 3. The molecule has 3 aliphatic heterocycles. The lowest BCUT2D eigenvalue weighted by atomic mass is 9.93. The van der Waals surface area contributed by atoms with Crippen molar-refractivity contribution in [3.8, 4) is 11.3 Å². The third-order valence-electron chi connectivity index (χ3n) is 11.8. The predicted molar refractivity (Wildman–Crippen MR) is 262 cm³/mol. The van der Waals surface area contributed by atoms with Crippen LogP contribution in [0.4, 0.5) is 11.4 Å². The van der Waals surface area contributed by atoms with Crippen molar-refractivity contribution in [2.24, 2.45) is 26.9 Å².